The van der Waals surface area contributed by atoms with Gasteiger partial charge in [-0.1, -0.05) is 6.07 Å². The van der Waals surface area contributed by atoms with Crippen LogP contribution in [0.25, 0.3) is 21.1 Å². The third kappa shape index (κ3) is 4.01. The molecule has 4 N–H and O–H groups in total. The van der Waals surface area contributed by atoms with Crippen LogP contribution in [0.3, 0.4) is 0 Å². The van der Waals surface area contributed by atoms with Gasteiger partial charge in [0.2, 0.25) is 5.95 Å². The van der Waals surface area contributed by atoms with Gasteiger partial charge >= 0.3 is 0 Å². The maximum Gasteiger partial charge on any atom is 0.258 e. The molecule has 3 aromatic heterocycles. The highest BCUT2D eigenvalue weighted by Crippen LogP contribution is 2.31. The lowest BCUT2D eigenvalue weighted by molar-refractivity contribution is 0.102. The minimum Gasteiger partial charge on any atom is -0.494 e. The Morgan fingerprint density at radius 3 is 3.00 bits per heavy atom. The molecule has 1 unspecified atom stereocenters. The average molecular weight is 425 g/mol. The second-order valence-corrected chi connectivity index (χ2v) is 7.39. The molecule has 1 amide bonds. The van der Waals surface area contributed by atoms with Crippen molar-refractivity contribution in [1.29, 1.82) is 0 Å². The zero-order valence-electron chi connectivity index (χ0n) is 16.0. The third-order valence-corrected chi connectivity index (χ3v) is 5.34. The van der Waals surface area contributed by atoms with Gasteiger partial charge in [-0.25, -0.2) is 9.97 Å². The molecule has 0 aliphatic heterocycles. The average Bonchev–Trinajstić information content (AvgIpc) is 3.20. The zero-order chi connectivity index (χ0) is 21.1. The number of anilines is 2. The number of aliphatic hydroxyl groups is 2. The number of nitrogens with one attached hydrogen (secondary N) is 2. The van der Waals surface area contributed by atoms with Crippen molar-refractivity contribution in [2.75, 3.05) is 30.9 Å². The van der Waals surface area contributed by atoms with Crippen LogP contribution in [0.5, 0.6) is 5.75 Å². The number of rotatable bonds is 7. The van der Waals surface area contributed by atoms with Gasteiger partial charge in [-0.15, -0.1) is 11.3 Å². The van der Waals surface area contributed by atoms with Crippen molar-refractivity contribution in [3.63, 3.8) is 0 Å². The number of aliphatic hydroxyl groups excluding tert-OH is 2. The van der Waals surface area contributed by atoms with E-state index in [0.29, 0.717) is 22.5 Å². The van der Waals surface area contributed by atoms with Crippen LogP contribution in [0.2, 0.25) is 0 Å². The SMILES string of the molecule is COc1cc2ncccc2cc1NC(=O)c1csc2cnc(NCC(O)CO)nc12. The van der Waals surface area contributed by atoms with Crippen LogP contribution in [0.1, 0.15) is 10.4 Å². The van der Waals surface area contributed by atoms with Gasteiger partial charge < -0.3 is 25.6 Å². The van der Waals surface area contributed by atoms with Gasteiger partial charge in [0.05, 0.1) is 53.0 Å². The molecule has 0 radical (unpaired) electrons. The number of carbonyl (C=O) groups is 1. The zero-order valence-corrected chi connectivity index (χ0v) is 16.8. The lowest BCUT2D eigenvalue weighted by atomic mass is 10.1. The summed E-state index contributed by atoms with van der Waals surface area (Å²) in [6.07, 6.45) is 2.38. The summed E-state index contributed by atoms with van der Waals surface area (Å²) in [5, 5.41) is 26.7. The highest BCUT2D eigenvalue weighted by molar-refractivity contribution is 7.17. The summed E-state index contributed by atoms with van der Waals surface area (Å²) in [5.41, 5.74) is 2.19. The van der Waals surface area contributed by atoms with E-state index in [9.17, 15) is 9.90 Å². The van der Waals surface area contributed by atoms with Gasteiger partial charge in [0.1, 0.15) is 5.75 Å². The Morgan fingerprint density at radius 2 is 2.20 bits per heavy atom. The summed E-state index contributed by atoms with van der Waals surface area (Å²) >= 11 is 1.36. The van der Waals surface area contributed by atoms with Crippen LogP contribution in [0.4, 0.5) is 11.6 Å². The van der Waals surface area contributed by atoms with Gasteiger partial charge in [-0.3, -0.25) is 9.78 Å². The normalized spacial score (nSPS) is 12.1. The molecule has 0 saturated carbocycles. The molecule has 0 aliphatic rings. The molecule has 4 aromatic rings. The summed E-state index contributed by atoms with van der Waals surface area (Å²) in [6, 6.07) is 7.31. The molecule has 0 bridgehead atoms. The van der Waals surface area contributed by atoms with E-state index >= 15 is 0 Å². The fraction of sp³-hybridized carbons (Fsp3) is 0.200. The highest BCUT2D eigenvalue weighted by atomic mass is 32.1. The topological polar surface area (TPSA) is 129 Å². The molecule has 0 saturated heterocycles. The van der Waals surface area contributed by atoms with E-state index in [1.807, 2.05) is 18.2 Å². The minimum atomic E-state index is -0.926. The predicted molar refractivity (Wildman–Crippen MR) is 115 cm³/mol. The Morgan fingerprint density at radius 1 is 1.33 bits per heavy atom. The maximum absolute atomic E-state index is 13.0. The number of methoxy groups -OCH3 is 1. The van der Waals surface area contributed by atoms with Gasteiger partial charge in [0.25, 0.3) is 5.91 Å². The summed E-state index contributed by atoms with van der Waals surface area (Å²) in [4.78, 5) is 25.8. The number of benzene rings is 1. The maximum atomic E-state index is 13.0. The smallest absolute Gasteiger partial charge is 0.258 e. The Bertz CT molecular complexity index is 1210. The van der Waals surface area contributed by atoms with E-state index in [1.54, 1.807) is 23.8 Å². The Labute approximate surface area is 175 Å². The second-order valence-electron chi connectivity index (χ2n) is 6.48. The fourth-order valence-electron chi connectivity index (χ4n) is 2.91. The van der Waals surface area contributed by atoms with Gasteiger partial charge in [0, 0.05) is 29.6 Å². The summed E-state index contributed by atoms with van der Waals surface area (Å²) in [6.45, 7) is -0.277. The number of amides is 1. The van der Waals surface area contributed by atoms with Crippen LogP contribution < -0.4 is 15.4 Å². The Hall–Kier alpha value is -3.34. The van der Waals surface area contributed by atoms with Crippen LogP contribution in [0.15, 0.2) is 42.0 Å². The van der Waals surface area contributed by atoms with E-state index in [4.69, 9.17) is 9.84 Å². The number of pyridine rings is 1. The molecule has 30 heavy (non-hydrogen) atoms. The van der Waals surface area contributed by atoms with Crippen LogP contribution in [0, 0.1) is 0 Å². The number of hydrogen-bond acceptors (Lipinski definition) is 9. The van der Waals surface area contributed by atoms with E-state index in [0.717, 1.165) is 15.6 Å². The van der Waals surface area contributed by atoms with Crippen molar-refractivity contribution in [3.8, 4) is 5.75 Å². The largest absolute Gasteiger partial charge is 0.494 e. The number of ether oxygens (including phenoxy) is 1. The Balaban J connectivity index is 1.62. The first-order chi connectivity index (χ1) is 14.6. The molecule has 10 heteroatoms. The number of fused-ring (bicyclic) bond motifs is 2. The summed E-state index contributed by atoms with van der Waals surface area (Å²) in [7, 11) is 1.53. The standard InChI is InChI=1S/C20H19N5O4S/c1-29-16-6-14-11(3-2-4-21-14)5-15(16)24-19(28)13-10-30-17-8-23-20(25-18(13)17)22-7-12(27)9-26/h2-6,8,10,12,26-27H,7,9H2,1H3,(H,24,28)(H,22,23,25). The molecule has 9 nitrogen and oxygen atoms in total. The predicted octanol–water partition coefficient (Wildman–Crippen LogP) is 2.27. The number of carbonyl (C=O) groups excluding carboxylic acids is 1. The molecule has 0 spiro atoms. The summed E-state index contributed by atoms with van der Waals surface area (Å²) in [5.74, 6) is 0.434. The highest BCUT2D eigenvalue weighted by Gasteiger charge is 2.17. The molecule has 3 heterocycles. The molecular formula is C20H19N5O4S. The van der Waals surface area contributed by atoms with Crippen molar-refractivity contribution < 1.29 is 19.7 Å². The fourth-order valence-corrected chi connectivity index (χ4v) is 3.75. The molecule has 154 valence electrons. The first kappa shape index (κ1) is 20.0. The van der Waals surface area contributed by atoms with Gasteiger partial charge in [-0.2, -0.15) is 0 Å². The van der Waals surface area contributed by atoms with Crippen LogP contribution in [-0.2, 0) is 0 Å². The molecule has 1 atom stereocenters. The first-order valence-electron chi connectivity index (χ1n) is 9.10. The molecule has 4 rings (SSSR count). The van der Waals surface area contributed by atoms with Crippen molar-refractivity contribution in [3.05, 3.63) is 47.6 Å². The first-order valence-corrected chi connectivity index (χ1v) is 9.98. The van der Waals surface area contributed by atoms with Crippen LogP contribution in [-0.4, -0.2) is 57.4 Å². The van der Waals surface area contributed by atoms with Crippen molar-refractivity contribution in [1.82, 2.24) is 15.0 Å². The van der Waals surface area contributed by atoms with Crippen molar-refractivity contribution >= 4 is 50.0 Å². The van der Waals surface area contributed by atoms with E-state index in [-0.39, 0.29) is 25.0 Å². The van der Waals surface area contributed by atoms with E-state index in [2.05, 4.69) is 25.6 Å². The van der Waals surface area contributed by atoms with Gasteiger partial charge in [-0.05, 0) is 12.1 Å². The second kappa shape index (κ2) is 8.57. The molecule has 0 fully saturated rings. The van der Waals surface area contributed by atoms with Crippen LogP contribution >= 0.6 is 11.3 Å². The van der Waals surface area contributed by atoms with Gasteiger partial charge in [0.15, 0.2) is 0 Å². The lowest BCUT2D eigenvalue weighted by Crippen LogP contribution is -2.23. The van der Waals surface area contributed by atoms with Crippen molar-refractivity contribution in [2.24, 2.45) is 0 Å². The van der Waals surface area contributed by atoms with Crippen molar-refractivity contribution in [2.45, 2.75) is 6.10 Å². The quantitative estimate of drug-likeness (QED) is 0.355. The molecule has 0 aliphatic carbocycles. The monoisotopic (exact) mass is 425 g/mol. The number of nitrogens with zero attached hydrogens (tertiary/aromatic N) is 3. The Kier molecular flexibility index (Phi) is 5.70. The molecule has 1 aromatic carbocycles. The number of hydrogen-bond donors (Lipinski definition) is 4. The summed E-state index contributed by atoms with van der Waals surface area (Å²) < 4.78 is 6.16. The molecular weight excluding hydrogens is 406 g/mol. The minimum absolute atomic E-state index is 0.0933. The van der Waals surface area contributed by atoms with E-state index in [1.165, 1.54) is 18.4 Å². The lowest BCUT2D eigenvalue weighted by Gasteiger charge is -2.11. The number of thiophene rings is 1. The number of aromatic nitrogens is 3. The van der Waals surface area contributed by atoms with E-state index < -0.39 is 6.10 Å². The third-order valence-electron chi connectivity index (χ3n) is 4.44.